The van der Waals surface area contributed by atoms with Crippen molar-refractivity contribution in [1.29, 1.82) is 0 Å². The fourth-order valence-electron chi connectivity index (χ4n) is 5.24. The number of aliphatic carboxylic acids is 1. The number of rotatable bonds is 7. The summed E-state index contributed by atoms with van der Waals surface area (Å²) in [5.74, 6) is -1.28. The number of carbonyl (C=O) groups excluding carboxylic acids is 2. The maximum atomic E-state index is 13.7. The van der Waals surface area contributed by atoms with Crippen LogP contribution in [0.25, 0.3) is 10.9 Å². The first-order valence-electron chi connectivity index (χ1n) is 11.4. The van der Waals surface area contributed by atoms with E-state index in [1.807, 2.05) is 16.8 Å². The third-order valence-corrected chi connectivity index (χ3v) is 7.78. The number of ketones is 1. The number of ether oxygens (including phenoxy) is 2. The highest BCUT2D eigenvalue weighted by Gasteiger charge is 2.68. The van der Waals surface area contributed by atoms with Crippen LogP contribution in [-0.2, 0) is 20.9 Å². The smallest absolute Gasteiger partial charge is 0.336 e. The summed E-state index contributed by atoms with van der Waals surface area (Å²) in [6, 6.07) is 5.31. The third-order valence-electron chi connectivity index (χ3n) is 7.78. The Morgan fingerprint density at radius 3 is 2.39 bits per heavy atom. The molecule has 0 bridgehead atoms. The van der Waals surface area contributed by atoms with Crippen molar-refractivity contribution in [3.63, 3.8) is 0 Å². The minimum absolute atomic E-state index is 0.0863. The number of carboxylic acids is 1. The Bertz CT molecular complexity index is 1120. The Balaban J connectivity index is 1.75. The molecule has 1 saturated carbocycles. The van der Waals surface area contributed by atoms with Crippen molar-refractivity contribution in [2.45, 2.75) is 47.1 Å². The number of fused-ring (bicyclic) bond motifs is 1. The van der Waals surface area contributed by atoms with Crippen molar-refractivity contribution >= 4 is 28.6 Å². The molecule has 33 heavy (non-hydrogen) atoms. The molecular weight excluding hydrogens is 422 g/mol. The molecule has 0 atom stereocenters. The summed E-state index contributed by atoms with van der Waals surface area (Å²) in [5.41, 5.74) is 1.14. The van der Waals surface area contributed by atoms with Crippen LogP contribution in [0.15, 0.2) is 36.5 Å². The molecule has 1 aromatic heterocycles. The predicted molar refractivity (Wildman–Crippen MR) is 123 cm³/mol. The fourth-order valence-corrected chi connectivity index (χ4v) is 5.24. The zero-order valence-electron chi connectivity index (χ0n) is 19.6. The van der Waals surface area contributed by atoms with Crippen molar-refractivity contribution in [3.8, 4) is 5.75 Å². The molecule has 0 amide bonds. The van der Waals surface area contributed by atoms with Crippen molar-refractivity contribution < 1.29 is 29.0 Å². The fraction of sp³-hybridized carbons (Fsp3) is 0.500. The molecule has 2 aromatic rings. The van der Waals surface area contributed by atoms with E-state index in [1.165, 1.54) is 0 Å². The van der Waals surface area contributed by atoms with Gasteiger partial charge in [0.1, 0.15) is 0 Å². The van der Waals surface area contributed by atoms with Gasteiger partial charge in [0.2, 0.25) is 0 Å². The highest BCUT2D eigenvalue weighted by Crippen LogP contribution is 2.69. The number of aromatic nitrogens is 1. The zero-order valence-corrected chi connectivity index (χ0v) is 19.6. The summed E-state index contributed by atoms with van der Waals surface area (Å²) in [6.07, 6.45) is 5.38. The van der Waals surface area contributed by atoms with E-state index in [1.54, 1.807) is 12.1 Å². The number of hydrogen-bond acceptors (Lipinski definition) is 5. The number of benzene rings is 1. The van der Waals surface area contributed by atoms with Crippen molar-refractivity contribution in [2.24, 2.45) is 22.7 Å². The zero-order chi connectivity index (χ0) is 24.0. The highest BCUT2D eigenvalue weighted by atomic mass is 16.5. The van der Waals surface area contributed by atoms with Gasteiger partial charge in [-0.3, -0.25) is 4.79 Å². The Morgan fingerprint density at radius 1 is 1.12 bits per heavy atom. The summed E-state index contributed by atoms with van der Waals surface area (Å²) in [7, 11) is 0. The lowest BCUT2D eigenvalue weighted by atomic mass is 10.0. The average Bonchev–Trinajstić information content (AvgIpc) is 3.01. The molecule has 176 valence electrons. The summed E-state index contributed by atoms with van der Waals surface area (Å²) < 4.78 is 13.0. The standard InChI is InChI=1S/C26H31NO6/c1-25(2)24(26(25,3)4)23(31)18-15-27(14-16-10-12-32-13-11-16)22-17(18)6-5-7-19(22)33-21(30)9-8-20(28)29/h5-9,15-16,24H,10-14H2,1-4H3,(H,28,29)/b9-8+. The molecule has 0 spiro atoms. The van der Waals surface area contributed by atoms with Gasteiger partial charge >= 0.3 is 11.9 Å². The van der Waals surface area contributed by atoms with Crippen LogP contribution in [0.5, 0.6) is 5.75 Å². The van der Waals surface area contributed by atoms with Crippen molar-refractivity contribution in [2.75, 3.05) is 13.2 Å². The van der Waals surface area contributed by atoms with Crippen LogP contribution in [0.2, 0.25) is 0 Å². The van der Waals surface area contributed by atoms with E-state index in [2.05, 4.69) is 27.7 Å². The molecule has 1 aliphatic heterocycles. The second-order valence-electron chi connectivity index (χ2n) is 10.2. The SMILES string of the molecule is CC1(C)C(C(=O)c2cn(CC3CCOCC3)c3c(OC(=O)/C=C/C(=O)O)cccc23)C1(C)C. The maximum absolute atomic E-state index is 13.7. The van der Waals surface area contributed by atoms with Gasteiger partial charge < -0.3 is 19.1 Å². The molecule has 1 N–H and O–H groups in total. The molecule has 2 fully saturated rings. The van der Waals surface area contributed by atoms with Gasteiger partial charge in [-0.15, -0.1) is 0 Å². The van der Waals surface area contributed by atoms with Gasteiger partial charge in [-0.05, 0) is 35.7 Å². The Hall–Kier alpha value is -2.93. The Kier molecular flexibility index (Phi) is 5.95. The van der Waals surface area contributed by atoms with Crippen LogP contribution < -0.4 is 4.74 Å². The van der Waals surface area contributed by atoms with Crippen LogP contribution in [0.4, 0.5) is 0 Å². The molecule has 2 aliphatic rings. The molecule has 4 rings (SSSR count). The predicted octanol–water partition coefficient (Wildman–Crippen LogP) is 4.48. The molecule has 7 nitrogen and oxygen atoms in total. The van der Waals surface area contributed by atoms with Gasteiger partial charge in [0, 0.05) is 55.0 Å². The van der Waals surface area contributed by atoms with Gasteiger partial charge in [0.05, 0.1) is 5.52 Å². The number of carboxylic acid groups (broad SMARTS) is 1. The van der Waals surface area contributed by atoms with E-state index in [4.69, 9.17) is 14.6 Å². The molecule has 2 heterocycles. The normalized spacial score (nSPS) is 20.2. The topological polar surface area (TPSA) is 94.8 Å². The van der Waals surface area contributed by atoms with E-state index < -0.39 is 11.9 Å². The van der Waals surface area contributed by atoms with Crippen LogP contribution in [-0.4, -0.2) is 40.6 Å². The number of para-hydroxylation sites is 1. The monoisotopic (exact) mass is 453 g/mol. The molecular formula is C26H31NO6. The van der Waals surface area contributed by atoms with Gasteiger partial charge in [-0.1, -0.05) is 39.8 Å². The average molecular weight is 454 g/mol. The lowest BCUT2D eigenvalue weighted by Crippen LogP contribution is -2.20. The summed E-state index contributed by atoms with van der Waals surface area (Å²) in [5, 5.41) is 9.54. The van der Waals surface area contributed by atoms with E-state index in [9.17, 15) is 14.4 Å². The Labute approximate surface area is 193 Å². The number of hydrogen-bond donors (Lipinski definition) is 1. The maximum Gasteiger partial charge on any atom is 0.336 e. The van der Waals surface area contributed by atoms with Gasteiger partial charge in [-0.2, -0.15) is 0 Å². The summed E-state index contributed by atoms with van der Waals surface area (Å²) in [4.78, 5) is 36.6. The number of esters is 1. The molecule has 0 radical (unpaired) electrons. The first-order valence-corrected chi connectivity index (χ1v) is 11.4. The van der Waals surface area contributed by atoms with Gasteiger partial charge in [0.25, 0.3) is 0 Å². The first kappa shape index (κ1) is 23.2. The molecule has 1 aliphatic carbocycles. The third kappa shape index (κ3) is 4.22. The van der Waals surface area contributed by atoms with Gasteiger partial charge in [0.15, 0.2) is 11.5 Å². The number of nitrogens with zero attached hydrogens (tertiary/aromatic N) is 1. The molecule has 0 unspecified atom stereocenters. The van der Waals surface area contributed by atoms with E-state index in [0.717, 1.165) is 30.4 Å². The summed E-state index contributed by atoms with van der Waals surface area (Å²) in [6.45, 7) is 10.6. The van der Waals surface area contributed by atoms with E-state index in [-0.39, 0.29) is 22.5 Å². The Morgan fingerprint density at radius 2 is 1.79 bits per heavy atom. The highest BCUT2D eigenvalue weighted by molar-refractivity contribution is 6.12. The lowest BCUT2D eigenvalue weighted by molar-refractivity contribution is -0.133. The minimum atomic E-state index is -1.23. The van der Waals surface area contributed by atoms with Crippen molar-refractivity contribution in [3.05, 3.63) is 42.1 Å². The lowest BCUT2D eigenvalue weighted by Gasteiger charge is -2.23. The van der Waals surface area contributed by atoms with E-state index in [0.29, 0.717) is 42.5 Å². The molecule has 1 saturated heterocycles. The van der Waals surface area contributed by atoms with Gasteiger partial charge in [-0.25, -0.2) is 9.59 Å². The number of Topliss-reactive ketones (excluding diaryl/α,β-unsaturated/α-hetero) is 1. The second-order valence-corrected chi connectivity index (χ2v) is 10.2. The molecule has 1 aromatic carbocycles. The molecule has 7 heteroatoms. The first-order chi connectivity index (χ1) is 15.5. The second kappa shape index (κ2) is 8.45. The van der Waals surface area contributed by atoms with E-state index >= 15 is 0 Å². The number of carbonyl (C=O) groups is 3. The van der Waals surface area contributed by atoms with Crippen LogP contribution in [0.3, 0.4) is 0 Å². The minimum Gasteiger partial charge on any atom is -0.478 e. The van der Waals surface area contributed by atoms with Crippen molar-refractivity contribution in [1.82, 2.24) is 4.57 Å². The largest absolute Gasteiger partial charge is 0.478 e. The van der Waals surface area contributed by atoms with Crippen LogP contribution >= 0.6 is 0 Å². The summed E-state index contributed by atoms with van der Waals surface area (Å²) >= 11 is 0. The van der Waals surface area contributed by atoms with Crippen LogP contribution in [0, 0.1) is 22.7 Å². The quantitative estimate of drug-likeness (QED) is 0.287. The van der Waals surface area contributed by atoms with Crippen LogP contribution in [0.1, 0.15) is 50.9 Å².